The number of fused-ring (bicyclic) bond motifs is 3. The van der Waals surface area contributed by atoms with Gasteiger partial charge in [0.25, 0.3) is 5.91 Å². The third kappa shape index (κ3) is 3.85. The van der Waals surface area contributed by atoms with Crippen molar-refractivity contribution < 1.29 is 34.8 Å². The number of amides is 1. The summed E-state index contributed by atoms with van der Waals surface area (Å²) in [6.07, 6.45) is 0.265. The van der Waals surface area contributed by atoms with E-state index in [2.05, 4.69) is 0 Å². The highest BCUT2D eigenvalue weighted by Gasteiger charge is 2.64. The molecule has 2 aromatic carbocycles. The first-order valence-corrected chi connectivity index (χ1v) is 13.8. The molecule has 0 aromatic heterocycles. The number of nitrogens with zero attached hydrogens (tertiary/aromatic N) is 2. The number of aliphatic hydroxyl groups excluding tert-OH is 2. The van der Waals surface area contributed by atoms with Gasteiger partial charge in [0.15, 0.2) is 11.4 Å². The fourth-order valence-electron chi connectivity index (χ4n) is 6.48. The van der Waals surface area contributed by atoms with Gasteiger partial charge in [0.2, 0.25) is 5.78 Å². The van der Waals surface area contributed by atoms with Crippen molar-refractivity contribution in [1.29, 1.82) is 0 Å². The van der Waals surface area contributed by atoms with Crippen molar-refractivity contribution in [2.24, 2.45) is 17.6 Å². The fourth-order valence-corrected chi connectivity index (χ4v) is 7.06. The van der Waals surface area contributed by atoms with E-state index in [9.17, 15) is 34.8 Å². The molecule has 210 valence electrons. The molecule has 2 aromatic rings. The molecule has 1 amide bonds. The maximum atomic E-state index is 14.0. The van der Waals surface area contributed by atoms with Gasteiger partial charge in [0, 0.05) is 31.3 Å². The number of hydrogen-bond donors (Lipinski definition) is 5. The van der Waals surface area contributed by atoms with Crippen LogP contribution in [0.15, 0.2) is 47.2 Å². The Hall–Kier alpha value is -3.42. The van der Waals surface area contributed by atoms with Crippen LogP contribution in [0.4, 0.5) is 5.69 Å². The molecule has 3 aliphatic rings. The van der Waals surface area contributed by atoms with Crippen molar-refractivity contribution in [2.45, 2.75) is 24.5 Å². The summed E-state index contributed by atoms with van der Waals surface area (Å²) >= 11 is 1.95. The Kier molecular flexibility index (Phi) is 6.75. The Morgan fingerprint density at radius 3 is 2.25 bits per heavy atom. The van der Waals surface area contributed by atoms with Crippen molar-refractivity contribution in [3.63, 3.8) is 0 Å². The van der Waals surface area contributed by atoms with E-state index in [1.54, 1.807) is 14.1 Å². The number of halogens is 1. The van der Waals surface area contributed by atoms with Crippen LogP contribution in [0.25, 0.3) is 16.9 Å². The topological polar surface area (TPSA) is 165 Å². The Labute approximate surface area is 244 Å². The number of benzene rings is 2. The number of primary amides is 1. The number of phenolic OH excluding ortho intramolecular Hbond substituents is 1. The summed E-state index contributed by atoms with van der Waals surface area (Å²) in [7, 11) is 7.01. The number of carbonyl (C=O) groups is 3. The van der Waals surface area contributed by atoms with Crippen LogP contribution < -0.4 is 10.6 Å². The number of aromatic hydroxyl groups is 1. The molecule has 3 aliphatic carbocycles. The van der Waals surface area contributed by atoms with Crippen molar-refractivity contribution in [1.82, 2.24) is 4.90 Å². The van der Waals surface area contributed by atoms with Crippen molar-refractivity contribution in [3.05, 3.63) is 61.9 Å². The lowest BCUT2D eigenvalue weighted by Gasteiger charge is -2.50. The standard InChI is InChI=1S/C29H30IN3O7/c1-32(2)14-7-5-12(6-8-14)15-11-18(30)23(34)20-16(15)9-13-10-17-22(33(3)4)25(36)21(28(31)39)27(38)29(17,40)26(37)19(13)24(20)35/h5-8,11,13,17,22,34-35,38,40H,9-10H2,1-4H3,(H2,31,39)/t13-,17-,22-,29-/m1/s1. The molecule has 10 nitrogen and oxygen atoms in total. The maximum Gasteiger partial charge on any atom is 0.255 e. The number of hydrogen-bond acceptors (Lipinski definition) is 9. The average molecular weight is 659 g/mol. The van der Waals surface area contributed by atoms with Gasteiger partial charge in [-0.25, -0.2) is 0 Å². The molecule has 0 aliphatic heterocycles. The highest BCUT2D eigenvalue weighted by atomic mass is 127. The van der Waals surface area contributed by atoms with Crippen molar-refractivity contribution in [3.8, 4) is 16.9 Å². The summed E-state index contributed by atoms with van der Waals surface area (Å²) < 4.78 is 0.447. The average Bonchev–Trinajstić information content (AvgIpc) is 2.88. The summed E-state index contributed by atoms with van der Waals surface area (Å²) in [6.45, 7) is 0. The van der Waals surface area contributed by atoms with Crippen LogP contribution in [-0.4, -0.2) is 82.6 Å². The van der Waals surface area contributed by atoms with E-state index in [0.717, 1.165) is 16.8 Å². The minimum Gasteiger partial charge on any atom is -0.508 e. The van der Waals surface area contributed by atoms with E-state index < -0.39 is 58.0 Å². The van der Waals surface area contributed by atoms with Gasteiger partial charge in [-0.1, -0.05) is 12.1 Å². The Bertz CT molecular complexity index is 1540. The Morgan fingerprint density at radius 1 is 1.07 bits per heavy atom. The van der Waals surface area contributed by atoms with Gasteiger partial charge in [-0.3, -0.25) is 19.3 Å². The molecule has 0 radical (unpaired) electrons. The molecule has 1 fully saturated rings. The zero-order valence-corrected chi connectivity index (χ0v) is 24.6. The number of phenols is 1. The molecule has 0 bridgehead atoms. The largest absolute Gasteiger partial charge is 0.508 e. The predicted molar refractivity (Wildman–Crippen MR) is 157 cm³/mol. The summed E-state index contributed by atoms with van der Waals surface area (Å²) in [4.78, 5) is 42.9. The van der Waals surface area contributed by atoms with E-state index in [0.29, 0.717) is 9.13 Å². The summed E-state index contributed by atoms with van der Waals surface area (Å²) in [5.41, 5.74) is 5.03. The van der Waals surface area contributed by atoms with Crippen LogP contribution in [0.2, 0.25) is 0 Å². The van der Waals surface area contributed by atoms with E-state index in [-0.39, 0.29) is 29.7 Å². The number of rotatable bonds is 4. The molecule has 40 heavy (non-hydrogen) atoms. The first-order valence-electron chi connectivity index (χ1n) is 12.7. The lowest BCUT2D eigenvalue weighted by molar-refractivity contribution is -0.153. The second-order valence-electron chi connectivity index (χ2n) is 11.0. The molecule has 11 heteroatoms. The lowest BCUT2D eigenvalue weighted by atomic mass is 9.57. The molecule has 0 spiro atoms. The van der Waals surface area contributed by atoms with E-state index in [1.807, 2.05) is 71.9 Å². The minimum absolute atomic E-state index is 0.0392. The smallest absolute Gasteiger partial charge is 0.255 e. The molecule has 0 heterocycles. The quantitative estimate of drug-likeness (QED) is 0.245. The van der Waals surface area contributed by atoms with E-state index >= 15 is 0 Å². The second kappa shape index (κ2) is 9.60. The van der Waals surface area contributed by atoms with E-state index in [4.69, 9.17) is 5.73 Å². The Morgan fingerprint density at radius 2 is 1.70 bits per heavy atom. The molecule has 1 saturated carbocycles. The van der Waals surface area contributed by atoms with Crippen molar-refractivity contribution in [2.75, 3.05) is 33.1 Å². The maximum absolute atomic E-state index is 14.0. The SMILES string of the molecule is CN(C)c1ccc(-c2cc(I)c(O)c3c2C[C@@H]2C[C@@H]4[C@@H](N(C)C)C(=O)C(C(N)=O)=C(O)[C@]4(O)C(=O)C2=C3O)cc1. The van der Waals surface area contributed by atoms with Gasteiger partial charge in [0.05, 0.1) is 15.2 Å². The molecule has 0 saturated heterocycles. The Balaban J connectivity index is 1.73. The van der Waals surface area contributed by atoms with Crippen molar-refractivity contribution >= 4 is 51.5 Å². The monoisotopic (exact) mass is 659 g/mol. The van der Waals surface area contributed by atoms with Crippen LogP contribution >= 0.6 is 22.6 Å². The third-order valence-corrected chi connectivity index (χ3v) is 9.19. The first-order chi connectivity index (χ1) is 18.7. The molecule has 0 unspecified atom stereocenters. The fraction of sp³-hybridized carbons (Fsp3) is 0.345. The normalized spacial score (nSPS) is 26.0. The molecular formula is C29H30IN3O7. The highest BCUT2D eigenvalue weighted by Crippen LogP contribution is 2.54. The highest BCUT2D eigenvalue weighted by molar-refractivity contribution is 14.1. The van der Waals surface area contributed by atoms with Gasteiger partial charge in [-0.05, 0) is 90.3 Å². The minimum atomic E-state index is -2.66. The van der Waals surface area contributed by atoms with Gasteiger partial charge < -0.3 is 31.1 Å². The van der Waals surface area contributed by atoms with Crippen LogP contribution in [0, 0.1) is 15.4 Å². The van der Waals surface area contributed by atoms with Crippen LogP contribution in [0.5, 0.6) is 5.75 Å². The molecule has 4 atom stereocenters. The van der Waals surface area contributed by atoms with Gasteiger partial charge >= 0.3 is 0 Å². The van der Waals surface area contributed by atoms with Gasteiger partial charge in [-0.2, -0.15) is 0 Å². The number of Topliss-reactive ketones (excluding diaryl/α,β-unsaturated/α-hetero) is 2. The number of ketones is 2. The number of carbonyl (C=O) groups excluding carboxylic acids is 3. The molecule has 6 N–H and O–H groups in total. The molecular weight excluding hydrogens is 629 g/mol. The molecule has 5 rings (SSSR count). The number of aliphatic hydroxyl groups is 3. The summed E-state index contributed by atoms with van der Waals surface area (Å²) in [5.74, 6) is -6.63. The van der Waals surface area contributed by atoms with Gasteiger partial charge in [0.1, 0.15) is 22.8 Å². The number of nitrogens with two attached hydrogens (primary N) is 1. The third-order valence-electron chi connectivity index (χ3n) is 8.37. The zero-order valence-electron chi connectivity index (χ0n) is 22.4. The summed E-state index contributed by atoms with van der Waals surface area (Å²) in [5, 5.41) is 45.3. The first kappa shape index (κ1) is 28.1. The van der Waals surface area contributed by atoms with Crippen LogP contribution in [-0.2, 0) is 20.8 Å². The van der Waals surface area contributed by atoms with E-state index in [1.165, 1.54) is 4.90 Å². The number of anilines is 1. The van der Waals surface area contributed by atoms with Crippen LogP contribution in [0.3, 0.4) is 0 Å². The van der Waals surface area contributed by atoms with Gasteiger partial charge in [-0.15, -0.1) is 0 Å². The van der Waals surface area contributed by atoms with Crippen LogP contribution in [0.1, 0.15) is 17.5 Å². The zero-order chi connectivity index (χ0) is 29.4. The predicted octanol–water partition coefficient (Wildman–Crippen LogP) is 2.30. The second-order valence-corrected chi connectivity index (χ2v) is 12.2. The lowest BCUT2D eigenvalue weighted by Crippen LogP contribution is -2.65. The number of likely N-dealkylation sites (N-methyl/N-ethyl adjacent to an activating group) is 1. The summed E-state index contributed by atoms with van der Waals surface area (Å²) in [6, 6.07) is 8.48.